The van der Waals surface area contributed by atoms with Crippen molar-refractivity contribution in [2.75, 3.05) is 26.8 Å². The van der Waals surface area contributed by atoms with Crippen molar-refractivity contribution in [1.29, 1.82) is 0 Å². The third-order valence-electron chi connectivity index (χ3n) is 4.64. The molecule has 3 atom stereocenters. The third-order valence-corrected chi connectivity index (χ3v) is 4.84. The van der Waals surface area contributed by atoms with Crippen LogP contribution in [0.3, 0.4) is 0 Å². The number of aliphatic hydroxyl groups excluding tert-OH is 1. The highest BCUT2D eigenvalue weighted by molar-refractivity contribution is 6.29. The quantitative estimate of drug-likeness (QED) is 0.627. The minimum atomic E-state index is -0.715. The van der Waals surface area contributed by atoms with Gasteiger partial charge < -0.3 is 19.6 Å². The Bertz CT molecular complexity index is 793. The summed E-state index contributed by atoms with van der Waals surface area (Å²) < 4.78 is 6.06. The number of allylic oxidation sites excluding steroid dienone is 1. The van der Waals surface area contributed by atoms with Crippen LogP contribution in [0.5, 0.6) is 0 Å². The van der Waals surface area contributed by atoms with E-state index in [4.69, 9.17) is 16.3 Å². The molecular formula is C19H23ClN4O3. The number of pyridine rings is 1. The number of carbonyl (C=O) groups excluding carboxylic acids is 1. The molecule has 0 aromatic carbocycles. The normalized spacial score (nSPS) is 23.8. The number of nitrogens with zero attached hydrogens (tertiary/aromatic N) is 4. The van der Waals surface area contributed by atoms with Crippen LogP contribution in [0.4, 0.5) is 0 Å². The van der Waals surface area contributed by atoms with Crippen LogP contribution in [0.1, 0.15) is 24.3 Å². The van der Waals surface area contributed by atoms with Gasteiger partial charge in [-0.1, -0.05) is 18.2 Å². The molecule has 2 aliphatic heterocycles. The Morgan fingerprint density at radius 2 is 2.26 bits per heavy atom. The van der Waals surface area contributed by atoms with Crippen LogP contribution in [0, 0.1) is 0 Å². The monoisotopic (exact) mass is 390 g/mol. The van der Waals surface area contributed by atoms with Crippen molar-refractivity contribution in [1.82, 2.24) is 14.8 Å². The number of hydrogen-bond acceptors (Lipinski definition) is 6. The summed E-state index contributed by atoms with van der Waals surface area (Å²) in [5, 5.41) is 10.3. The fraction of sp³-hybridized carbons (Fsp3) is 0.421. The molecule has 1 fully saturated rings. The molecule has 1 aromatic rings. The standard InChI is InChI=1S/C19H23ClN4O3/c1-4-19(26)24-9-16(12(2)25)27-17(10-24)13-7-14(22-18(20)8-13)15-5-6-21-11-23(15)3/h4-8,12,16-17,25H,1,9-11H2,2-3H3/t12-,16+,17+/m0/s1. The molecule has 1 N–H and O–H groups in total. The van der Waals surface area contributed by atoms with Gasteiger partial charge in [0.15, 0.2) is 0 Å². The Hall–Kier alpha value is -2.22. The van der Waals surface area contributed by atoms with Crippen LogP contribution < -0.4 is 0 Å². The van der Waals surface area contributed by atoms with E-state index in [9.17, 15) is 9.90 Å². The summed E-state index contributed by atoms with van der Waals surface area (Å²) >= 11 is 6.27. The summed E-state index contributed by atoms with van der Waals surface area (Å²) in [7, 11) is 1.93. The summed E-state index contributed by atoms with van der Waals surface area (Å²) in [4.78, 5) is 24.4. The Labute approximate surface area is 163 Å². The second-order valence-corrected chi connectivity index (χ2v) is 7.07. The van der Waals surface area contributed by atoms with E-state index in [-0.39, 0.29) is 5.91 Å². The van der Waals surface area contributed by atoms with Gasteiger partial charge in [0, 0.05) is 19.8 Å². The molecule has 0 bridgehead atoms. The topological polar surface area (TPSA) is 78.3 Å². The number of aromatic nitrogens is 1. The van der Waals surface area contributed by atoms with E-state index in [0.29, 0.717) is 30.6 Å². The van der Waals surface area contributed by atoms with Crippen molar-refractivity contribution in [2.24, 2.45) is 4.99 Å². The second kappa shape index (κ2) is 8.21. The summed E-state index contributed by atoms with van der Waals surface area (Å²) in [6.07, 6.45) is 3.25. The zero-order valence-corrected chi connectivity index (χ0v) is 16.1. The van der Waals surface area contributed by atoms with Crippen molar-refractivity contribution < 1.29 is 14.6 Å². The van der Waals surface area contributed by atoms with Gasteiger partial charge in [-0.3, -0.25) is 9.79 Å². The van der Waals surface area contributed by atoms with E-state index >= 15 is 0 Å². The number of halogens is 1. The molecule has 0 spiro atoms. The maximum absolute atomic E-state index is 12.1. The second-order valence-electron chi connectivity index (χ2n) is 6.68. The highest BCUT2D eigenvalue weighted by atomic mass is 35.5. The predicted molar refractivity (Wildman–Crippen MR) is 104 cm³/mol. The number of hydrogen-bond donors (Lipinski definition) is 1. The Kier molecular flexibility index (Phi) is 5.94. The van der Waals surface area contributed by atoms with Crippen LogP contribution >= 0.6 is 11.6 Å². The molecule has 27 heavy (non-hydrogen) atoms. The number of aliphatic imine (C=N–C) groups is 1. The number of aliphatic hydroxyl groups is 1. The van der Waals surface area contributed by atoms with Gasteiger partial charge in [-0.2, -0.15) is 0 Å². The zero-order valence-electron chi connectivity index (χ0n) is 15.4. The molecule has 0 saturated carbocycles. The van der Waals surface area contributed by atoms with Crippen LogP contribution in [0.25, 0.3) is 5.70 Å². The van der Waals surface area contributed by atoms with Crippen LogP contribution in [-0.4, -0.2) is 71.0 Å². The Balaban J connectivity index is 1.94. The lowest BCUT2D eigenvalue weighted by atomic mass is 10.0. The first kappa shape index (κ1) is 19.5. The molecule has 0 radical (unpaired) electrons. The molecule has 1 saturated heterocycles. The van der Waals surface area contributed by atoms with E-state index in [2.05, 4.69) is 16.6 Å². The van der Waals surface area contributed by atoms with E-state index in [1.54, 1.807) is 24.1 Å². The number of ether oxygens (including phenoxy) is 1. The summed E-state index contributed by atoms with van der Waals surface area (Å²) in [6, 6.07) is 3.63. The average molecular weight is 391 g/mol. The zero-order chi connectivity index (χ0) is 19.6. The maximum Gasteiger partial charge on any atom is 0.246 e. The van der Waals surface area contributed by atoms with Crippen molar-refractivity contribution in [3.05, 3.63) is 47.3 Å². The van der Waals surface area contributed by atoms with E-state index in [1.165, 1.54) is 6.08 Å². The molecule has 1 aromatic heterocycles. The SMILES string of the molecule is C=CC(=O)N1C[C@H](c2cc(Cl)nc(C3=CC=NCN3C)c2)O[C@@H]([C@H](C)O)C1. The fourth-order valence-electron chi connectivity index (χ4n) is 3.16. The minimum absolute atomic E-state index is 0.194. The van der Waals surface area contributed by atoms with E-state index in [0.717, 1.165) is 11.3 Å². The molecule has 2 aliphatic rings. The summed E-state index contributed by atoms with van der Waals surface area (Å²) in [5.41, 5.74) is 2.40. The van der Waals surface area contributed by atoms with Crippen molar-refractivity contribution in [3.63, 3.8) is 0 Å². The first-order valence-electron chi connectivity index (χ1n) is 8.73. The lowest BCUT2D eigenvalue weighted by molar-refractivity contribution is -0.152. The summed E-state index contributed by atoms with van der Waals surface area (Å²) in [6.45, 7) is 6.41. The Morgan fingerprint density at radius 3 is 2.93 bits per heavy atom. The van der Waals surface area contributed by atoms with E-state index < -0.39 is 18.3 Å². The van der Waals surface area contributed by atoms with Crippen LogP contribution in [-0.2, 0) is 9.53 Å². The first-order valence-corrected chi connectivity index (χ1v) is 9.10. The van der Waals surface area contributed by atoms with Crippen molar-refractivity contribution >= 4 is 29.4 Å². The molecule has 7 nitrogen and oxygen atoms in total. The van der Waals surface area contributed by atoms with Gasteiger partial charge in [0.05, 0.1) is 24.0 Å². The molecule has 8 heteroatoms. The van der Waals surface area contributed by atoms with Crippen LogP contribution in [0.15, 0.2) is 35.9 Å². The van der Waals surface area contributed by atoms with Gasteiger partial charge in [0.25, 0.3) is 0 Å². The molecule has 144 valence electrons. The largest absolute Gasteiger partial charge is 0.391 e. The van der Waals surface area contributed by atoms with Gasteiger partial charge in [-0.25, -0.2) is 4.98 Å². The molecule has 1 amide bonds. The first-order chi connectivity index (χ1) is 12.9. The van der Waals surface area contributed by atoms with Gasteiger partial charge in [-0.05, 0) is 36.8 Å². The molecule has 3 heterocycles. The Morgan fingerprint density at radius 1 is 1.48 bits per heavy atom. The minimum Gasteiger partial charge on any atom is -0.391 e. The lowest BCUT2D eigenvalue weighted by Gasteiger charge is -2.39. The maximum atomic E-state index is 12.1. The van der Waals surface area contributed by atoms with Crippen molar-refractivity contribution in [2.45, 2.75) is 25.2 Å². The number of rotatable bonds is 4. The summed E-state index contributed by atoms with van der Waals surface area (Å²) in [5.74, 6) is -0.194. The average Bonchev–Trinajstić information content (AvgIpc) is 2.66. The van der Waals surface area contributed by atoms with E-state index in [1.807, 2.05) is 24.1 Å². The number of carbonyl (C=O) groups is 1. The fourth-order valence-corrected chi connectivity index (χ4v) is 3.38. The lowest BCUT2D eigenvalue weighted by Crippen LogP contribution is -2.50. The molecular weight excluding hydrogens is 368 g/mol. The third kappa shape index (κ3) is 4.37. The number of morpholine rings is 1. The molecule has 3 rings (SSSR count). The van der Waals surface area contributed by atoms with Crippen LogP contribution in [0.2, 0.25) is 5.15 Å². The van der Waals surface area contributed by atoms with Gasteiger partial charge in [-0.15, -0.1) is 0 Å². The van der Waals surface area contributed by atoms with Gasteiger partial charge in [0.1, 0.15) is 24.0 Å². The predicted octanol–water partition coefficient (Wildman–Crippen LogP) is 1.88. The highest BCUT2D eigenvalue weighted by Gasteiger charge is 2.33. The van der Waals surface area contributed by atoms with Gasteiger partial charge in [0.2, 0.25) is 5.91 Å². The molecule has 0 aliphatic carbocycles. The smallest absolute Gasteiger partial charge is 0.246 e. The van der Waals surface area contributed by atoms with Gasteiger partial charge >= 0.3 is 0 Å². The highest BCUT2D eigenvalue weighted by Crippen LogP contribution is 2.30. The number of amides is 1. The van der Waals surface area contributed by atoms with Crippen molar-refractivity contribution in [3.8, 4) is 0 Å². The molecule has 0 unspecified atom stereocenters.